The maximum Gasteiger partial charge on any atom is 0.481 e. The molecule has 2 aliphatic rings. The van der Waals surface area contributed by atoms with Crippen molar-refractivity contribution < 1.29 is 71.0 Å². The molecule has 9 atom stereocenters. The molecule has 3 heterocycles. The number of aliphatic hydroxyl groups excluding tert-OH is 2. The number of phosphoric ester groups is 2. The Hall–Kier alpha value is -4.10. The normalized spacial score (nSPS) is 22.4. The molecule has 3 rings (SSSR count). The van der Waals surface area contributed by atoms with Crippen LogP contribution in [0.5, 0.6) is 0 Å². The van der Waals surface area contributed by atoms with E-state index >= 15 is 0 Å². The number of aliphatic hydroxyl groups is 2. The van der Waals surface area contributed by atoms with Gasteiger partial charge in [-0.1, -0.05) is 131 Å². The van der Waals surface area contributed by atoms with Crippen LogP contribution in [-0.4, -0.2) is 97.9 Å². The summed E-state index contributed by atoms with van der Waals surface area (Å²) in [6.45, 7) is 1.97. The van der Waals surface area contributed by atoms with Crippen molar-refractivity contribution in [3.05, 3.63) is 108 Å². The Kier molecular flexibility index (Phi) is 31.8. The number of nitrogen functional groups attached to an aromatic ring is 1. The highest BCUT2D eigenvalue weighted by Gasteiger charge is 2.46. The van der Waals surface area contributed by atoms with E-state index in [4.69, 9.17) is 33.7 Å². The number of carbonyl (C=O) groups excluding carboxylic acids is 2. The van der Waals surface area contributed by atoms with Crippen LogP contribution in [-0.2, 0) is 51.0 Å². The number of allylic oxidation sites excluding steroid dienone is 13. The van der Waals surface area contributed by atoms with Gasteiger partial charge in [0.15, 0.2) is 12.3 Å². The summed E-state index contributed by atoms with van der Waals surface area (Å²) in [5.41, 5.74) is 4.58. The highest BCUT2D eigenvalue weighted by Crippen LogP contribution is 2.60. The average molecular weight is 1070 g/mol. The predicted molar refractivity (Wildman–Crippen MR) is 279 cm³/mol. The van der Waals surface area contributed by atoms with Gasteiger partial charge in [0.1, 0.15) is 30.7 Å². The van der Waals surface area contributed by atoms with Crippen molar-refractivity contribution in [1.29, 1.82) is 0 Å². The van der Waals surface area contributed by atoms with E-state index in [1.807, 2.05) is 24.3 Å². The second kappa shape index (κ2) is 36.8. The first-order valence-corrected chi connectivity index (χ1v) is 28.7. The molecule has 410 valence electrons. The minimum atomic E-state index is -5.45. The SMILES string of the molecule is CCCCC/C=C\C/C=C\C/C=C\C/C=C\CCCC(=O)OC[C@H](COP(=O)(O)OP(=O)(O)OC[C@H]1O[C@@H](n2ccc(N)nc2=O)[C@H](O)[C@@H]1O)OC(=O)CCC/C=C\C/C=C\C/C=C\CC1OC1CCCCC. The van der Waals surface area contributed by atoms with Gasteiger partial charge in [0.05, 0.1) is 25.4 Å². The summed E-state index contributed by atoms with van der Waals surface area (Å²) in [7, 11) is -10.9. The molecule has 21 heteroatoms. The smallest absolute Gasteiger partial charge is 0.462 e. The third-order valence-corrected chi connectivity index (χ3v) is 14.0. The Balaban J connectivity index is 1.43. The topological polar surface area (TPSA) is 278 Å². The lowest BCUT2D eigenvalue weighted by atomic mass is 10.1. The number of esters is 2. The highest BCUT2D eigenvalue weighted by atomic mass is 31.3. The Morgan fingerprint density at radius 1 is 0.685 bits per heavy atom. The number of nitrogens with two attached hydrogens (primary N) is 1. The summed E-state index contributed by atoms with van der Waals surface area (Å²) in [6, 6.07) is 1.24. The van der Waals surface area contributed by atoms with E-state index < -0.39 is 83.7 Å². The first kappa shape index (κ1) is 63.2. The minimum Gasteiger partial charge on any atom is -0.462 e. The monoisotopic (exact) mass is 1070 g/mol. The van der Waals surface area contributed by atoms with Gasteiger partial charge in [-0.05, 0) is 89.5 Å². The number of aromatic nitrogens is 2. The van der Waals surface area contributed by atoms with Crippen LogP contribution in [0.4, 0.5) is 5.82 Å². The predicted octanol–water partition coefficient (Wildman–Crippen LogP) is 9.65. The molecule has 0 amide bonds. The van der Waals surface area contributed by atoms with Gasteiger partial charge in [-0.3, -0.25) is 23.2 Å². The molecule has 0 saturated carbocycles. The van der Waals surface area contributed by atoms with Crippen molar-refractivity contribution in [2.24, 2.45) is 0 Å². The van der Waals surface area contributed by atoms with Crippen LogP contribution in [0.2, 0.25) is 0 Å². The van der Waals surface area contributed by atoms with Crippen molar-refractivity contribution in [1.82, 2.24) is 9.55 Å². The lowest BCUT2D eigenvalue weighted by Gasteiger charge is -2.21. The molecule has 19 nitrogen and oxygen atoms in total. The molecular formula is C52H81N3O16P2. The third kappa shape index (κ3) is 29.0. The number of unbranched alkanes of at least 4 members (excludes halogenated alkanes) is 7. The number of rotatable bonds is 40. The van der Waals surface area contributed by atoms with Gasteiger partial charge in [-0.25, -0.2) is 13.9 Å². The molecule has 2 aliphatic heterocycles. The van der Waals surface area contributed by atoms with E-state index in [-0.39, 0.29) is 18.7 Å². The minimum absolute atomic E-state index is 0.0324. The van der Waals surface area contributed by atoms with Crippen LogP contribution in [0.15, 0.2) is 102 Å². The second-order valence-electron chi connectivity index (χ2n) is 17.7. The number of hydrogen-bond acceptors (Lipinski definition) is 16. The van der Waals surface area contributed by atoms with Gasteiger partial charge in [0, 0.05) is 19.0 Å². The molecule has 6 N–H and O–H groups in total. The van der Waals surface area contributed by atoms with E-state index in [2.05, 4.69) is 83.9 Å². The van der Waals surface area contributed by atoms with E-state index in [0.29, 0.717) is 37.9 Å². The van der Waals surface area contributed by atoms with Crippen LogP contribution >= 0.6 is 15.6 Å². The number of ether oxygens (including phenoxy) is 4. The molecule has 0 radical (unpaired) electrons. The first-order valence-electron chi connectivity index (χ1n) is 25.7. The van der Waals surface area contributed by atoms with Crippen molar-refractivity contribution in [3.63, 3.8) is 0 Å². The van der Waals surface area contributed by atoms with Gasteiger partial charge in [0.2, 0.25) is 0 Å². The van der Waals surface area contributed by atoms with E-state index in [9.17, 15) is 43.5 Å². The molecule has 0 spiro atoms. The van der Waals surface area contributed by atoms with Gasteiger partial charge < -0.3 is 44.7 Å². The van der Waals surface area contributed by atoms with Gasteiger partial charge in [-0.15, -0.1) is 0 Å². The molecule has 1 aromatic rings. The van der Waals surface area contributed by atoms with Crippen molar-refractivity contribution in [3.8, 4) is 0 Å². The standard InChI is InChI=1S/C52H81N3O16P2/c1-3-5-7-8-9-10-11-12-13-14-15-16-17-21-24-27-31-35-47(56)65-39-42(68-48(57)36-32-28-25-22-19-18-20-23-26-30-34-44-43(69-44)33-29-6-4-2)40-66-72(61,62)71-73(63,64)67-41-45-49(58)50(59)51(70-45)55-38-37-46(53)54-52(55)60/h9-10,12-13,15-16,18,20-22,24-26,30,37-38,42-45,49-51,58-59H,3-8,11,14,17,19,23,27-29,31-36,39-41H2,1-2H3,(H,61,62)(H,63,64)(H2,53,54,60)/b10-9-,13-12-,16-15-,20-18-,24-21-,25-22-,30-26-/t42-,43?,44?,45-,49-,50-,51-/m1/s1. The Labute approximate surface area is 431 Å². The van der Waals surface area contributed by atoms with E-state index in [1.165, 1.54) is 44.6 Å². The number of carbonyl (C=O) groups is 2. The number of anilines is 1. The lowest BCUT2D eigenvalue weighted by molar-refractivity contribution is -0.161. The van der Waals surface area contributed by atoms with E-state index in [0.717, 1.165) is 62.1 Å². The molecule has 1 aromatic heterocycles. The fraction of sp³-hybridized carbons (Fsp3) is 0.615. The average Bonchev–Trinajstić information content (AvgIpc) is 4.04. The molecular weight excluding hydrogens is 985 g/mol. The zero-order valence-electron chi connectivity index (χ0n) is 42.6. The Bertz CT molecular complexity index is 2120. The molecule has 73 heavy (non-hydrogen) atoms. The van der Waals surface area contributed by atoms with E-state index in [1.54, 1.807) is 0 Å². The fourth-order valence-electron chi connectivity index (χ4n) is 7.27. The van der Waals surface area contributed by atoms with Crippen molar-refractivity contribution >= 4 is 33.4 Å². The molecule has 4 unspecified atom stereocenters. The maximum absolute atomic E-state index is 12.9. The Morgan fingerprint density at radius 2 is 1.22 bits per heavy atom. The van der Waals surface area contributed by atoms with Crippen LogP contribution in [0.3, 0.4) is 0 Å². The molecule has 0 bridgehead atoms. The summed E-state index contributed by atoms with van der Waals surface area (Å²) < 4.78 is 62.4. The lowest BCUT2D eigenvalue weighted by Crippen LogP contribution is -2.36. The summed E-state index contributed by atoms with van der Waals surface area (Å²) in [4.78, 5) is 61.9. The highest BCUT2D eigenvalue weighted by molar-refractivity contribution is 7.61. The first-order chi connectivity index (χ1) is 35.1. The second-order valence-corrected chi connectivity index (χ2v) is 20.7. The van der Waals surface area contributed by atoms with Crippen molar-refractivity contribution in [2.45, 2.75) is 185 Å². The largest absolute Gasteiger partial charge is 0.481 e. The molecule has 0 aromatic carbocycles. The van der Waals surface area contributed by atoms with Crippen LogP contribution in [0.1, 0.15) is 148 Å². The summed E-state index contributed by atoms with van der Waals surface area (Å²) in [5.74, 6) is -1.45. The van der Waals surface area contributed by atoms with Gasteiger partial charge in [-0.2, -0.15) is 9.29 Å². The van der Waals surface area contributed by atoms with Crippen LogP contribution in [0, 0.1) is 0 Å². The zero-order valence-corrected chi connectivity index (χ0v) is 44.4. The Morgan fingerprint density at radius 3 is 1.81 bits per heavy atom. The van der Waals surface area contributed by atoms with Gasteiger partial charge >= 0.3 is 33.3 Å². The van der Waals surface area contributed by atoms with Gasteiger partial charge in [0.25, 0.3) is 0 Å². The van der Waals surface area contributed by atoms with Crippen molar-refractivity contribution in [2.75, 3.05) is 25.6 Å². The summed E-state index contributed by atoms with van der Waals surface area (Å²) >= 11 is 0. The quantitative estimate of drug-likeness (QED) is 0.0134. The fourth-order valence-corrected chi connectivity index (χ4v) is 9.38. The van der Waals surface area contributed by atoms with Crippen LogP contribution in [0.25, 0.3) is 0 Å². The molecule has 2 fully saturated rings. The number of epoxide rings is 1. The van der Waals surface area contributed by atoms with Crippen LogP contribution < -0.4 is 11.4 Å². The molecule has 2 saturated heterocycles. The zero-order chi connectivity index (χ0) is 53.2. The summed E-state index contributed by atoms with van der Waals surface area (Å²) in [5, 5.41) is 20.9. The number of nitrogens with zero attached hydrogens (tertiary/aromatic N) is 2. The molecule has 0 aliphatic carbocycles. The number of hydrogen-bond donors (Lipinski definition) is 5. The maximum atomic E-state index is 12.9. The number of phosphoric acid groups is 2. The third-order valence-electron chi connectivity index (χ3n) is 11.4. The summed E-state index contributed by atoms with van der Waals surface area (Å²) in [6.07, 6.45) is 40.0.